The molecule has 0 heterocycles. The fraction of sp³-hybridized carbons (Fsp3) is 0.696. The van der Waals surface area contributed by atoms with Crippen LogP contribution >= 0.6 is 0 Å². The van der Waals surface area contributed by atoms with Crippen LogP contribution in [0.2, 0.25) is 0 Å². The van der Waals surface area contributed by atoms with Gasteiger partial charge in [-0.2, -0.15) is 0 Å². The van der Waals surface area contributed by atoms with E-state index >= 15 is 0 Å². The summed E-state index contributed by atoms with van der Waals surface area (Å²) in [5, 5.41) is 11.5. The lowest BCUT2D eigenvalue weighted by Crippen LogP contribution is -2.49. The molecule has 4 heteroatoms. The van der Waals surface area contributed by atoms with Crippen LogP contribution in [0.1, 0.15) is 64.9 Å². The zero-order valence-corrected chi connectivity index (χ0v) is 17.5. The maximum Gasteiger partial charge on any atom is 0.343 e. The molecule has 1 aliphatic rings. The molecule has 4 nitrogen and oxygen atoms in total. The van der Waals surface area contributed by atoms with Crippen molar-refractivity contribution in [2.45, 2.75) is 64.9 Å². The van der Waals surface area contributed by atoms with Crippen LogP contribution < -0.4 is 0 Å². The predicted octanol–water partition coefficient (Wildman–Crippen LogP) is 4.26. The average Bonchev–Trinajstić information content (AvgIpc) is 2.75. The van der Waals surface area contributed by atoms with E-state index in [1.807, 2.05) is 30.3 Å². The Morgan fingerprint density at radius 1 is 1.07 bits per heavy atom. The molecule has 1 fully saturated rings. The molecule has 2 rings (SSSR count). The van der Waals surface area contributed by atoms with Crippen LogP contribution in [0.4, 0.5) is 0 Å². The van der Waals surface area contributed by atoms with Crippen molar-refractivity contribution in [3.8, 4) is 0 Å². The smallest absolute Gasteiger partial charge is 0.343 e. The molecule has 0 radical (unpaired) electrons. The van der Waals surface area contributed by atoms with E-state index in [9.17, 15) is 9.90 Å². The summed E-state index contributed by atoms with van der Waals surface area (Å²) in [7, 11) is 0. The molecule has 1 saturated carbocycles. The first-order chi connectivity index (χ1) is 13.0. The van der Waals surface area contributed by atoms with E-state index in [2.05, 4.69) is 20.8 Å². The second-order valence-electron chi connectivity index (χ2n) is 7.97. The van der Waals surface area contributed by atoms with Gasteiger partial charge in [0.2, 0.25) is 0 Å². The Bertz CT molecular complexity index is 556. The van der Waals surface area contributed by atoms with Gasteiger partial charge in [-0.1, -0.05) is 49.6 Å². The van der Waals surface area contributed by atoms with Gasteiger partial charge in [0.05, 0.1) is 32.8 Å². The van der Waals surface area contributed by atoms with Crippen LogP contribution in [0.5, 0.6) is 0 Å². The van der Waals surface area contributed by atoms with E-state index < -0.39 is 11.6 Å². The maximum absolute atomic E-state index is 13.0. The fourth-order valence-electron chi connectivity index (χ4n) is 4.55. The molecule has 1 aromatic rings. The minimum atomic E-state index is -1.52. The molecule has 1 aromatic carbocycles. The first-order valence-corrected chi connectivity index (χ1v) is 10.8. The van der Waals surface area contributed by atoms with Gasteiger partial charge in [-0.15, -0.1) is 0 Å². The maximum atomic E-state index is 13.0. The summed E-state index contributed by atoms with van der Waals surface area (Å²) in [6.45, 7) is 11.3. The highest BCUT2D eigenvalue weighted by molar-refractivity contribution is 5.81. The number of quaternary nitrogens is 1. The number of carbonyl (C=O) groups is 1. The highest BCUT2D eigenvalue weighted by Gasteiger charge is 2.47. The van der Waals surface area contributed by atoms with Crippen LogP contribution in [0.15, 0.2) is 30.3 Å². The number of nitrogens with zero attached hydrogens (tertiary/aromatic N) is 1. The van der Waals surface area contributed by atoms with Gasteiger partial charge < -0.3 is 14.3 Å². The van der Waals surface area contributed by atoms with E-state index in [0.29, 0.717) is 12.2 Å². The molecule has 0 saturated heterocycles. The minimum Gasteiger partial charge on any atom is -0.463 e. The third-order valence-corrected chi connectivity index (χ3v) is 6.74. The van der Waals surface area contributed by atoms with Crippen molar-refractivity contribution in [3.63, 3.8) is 0 Å². The third kappa shape index (κ3) is 5.11. The first-order valence-electron chi connectivity index (χ1n) is 10.8. The number of aliphatic hydroxyl groups is 1. The fourth-order valence-corrected chi connectivity index (χ4v) is 4.55. The topological polar surface area (TPSA) is 46.5 Å². The Hall–Kier alpha value is -1.39. The molecular weight excluding hydrogens is 338 g/mol. The number of hydrogen-bond donors (Lipinski definition) is 1. The number of esters is 1. The van der Waals surface area contributed by atoms with Gasteiger partial charge >= 0.3 is 5.97 Å². The van der Waals surface area contributed by atoms with Crippen molar-refractivity contribution in [2.75, 3.05) is 32.8 Å². The summed E-state index contributed by atoms with van der Waals surface area (Å²) >= 11 is 0. The van der Waals surface area contributed by atoms with Gasteiger partial charge in [-0.25, -0.2) is 4.79 Å². The van der Waals surface area contributed by atoms with Gasteiger partial charge in [0.1, 0.15) is 0 Å². The number of hydrogen-bond acceptors (Lipinski definition) is 3. The molecule has 152 valence electrons. The minimum absolute atomic E-state index is 0.0575. The molecule has 1 aliphatic carbocycles. The molecule has 1 atom stereocenters. The highest BCUT2D eigenvalue weighted by atomic mass is 16.5. The lowest BCUT2D eigenvalue weighted by atomic mass is 9.73. The van der Waals surface area contributed by atoms with Crippen molar-refractivity contribution in [1.29, 1.82) is 0 Å². The van der Waals surface area contributed by atoms with Gasteiger partial charge in [0.15, 0.2) is 5.60 Å². The molecule has 0 spiro atoms. The standard InChI is InChI=1S/C23H38NO3/c1-4-24(5-2,6-3)18-13-19-27-22(25)23(26,20-14-9-7-10-15-20)21-16-11-8-12-17-21/h7,9-10,14-15,21,26H,4-6,8,11-13,16-19H2,1-3H3/q+1/t23-/m1/s1. The number of benzene rings is 1. The number of rotatable bonds is 10. The molecule has 1 N–H and O–H groups in total. The number of carbonyl (C=O) groups excluding carboxylic acids is 1. The summed E-state index contributed by atoms with van der Waals surface area (Å²) in [4.78, 5) is 13.0. The molecular formula is C23H38NO3+. The zero-order valence-electron chi connectivity index (χ0n) is 17.5. The van der Waals surface area contributed by atoms with E-state index in [-0.39, 0.29) is 5.92 Å². The lowest BCUT2D eigenvalue weighted by molar-refractivity contribution is -0.923. The summed E-state index contributed by atoms with van der Waals surface area (Å²) < 4.78 is 6.69. The third-order valence-electron chi connectivity index (χ3n) is 6.74. The van der Waals surface area contributed by atoms with Gasteiger partial charge in [-0.3, -0.25) is 0 Å². The van der Waals surface area contributed by atoms with Crippen LogP contribution in [0.25, 0.3) is 0 Å². The van der Waals surface area contributed by atoms with Crippen LogP contribution in [0, 0.1) is 5.92 Å². The van der Waals surface area contributed by atoms with Crippen LogP contribution in [-0.4, -0.2) is 48.3 Å². The lowest BCUT2D eigenvalue weighted by Gasteiger charge is -2.37. The molecule has 0 aliphatic heterocycles. The van der Waals surface area contributed by atoms with Crippen molar-refractivity contribution < 1.29 is 19.1 Å². The largest absolute Gasteiger partial charge is 0.463 e. The molecule has 0 aromatic heterocycles. The SMILES string of the molecule is CC[N+](CC)(CC)CCCOC(=O)[C@@](O)(c1ccccc1)C1CCCCC1. The van der Waals surface area contributed by atoms with Crippen LogP contribution in [0.3, 0.4) is 0 Å². The van der Waals surface area contributed by atoms with E-state index in [0.717, 1.165) is 62.8 Å². The first kappa shape index (κ1) is 21.9. The summed E-state index contributed by atoms with van der Waals surface area (Å²) in [6, 6.07) is 9.37. The Morgan fingerprint density at radius 3 is 2.22 bits per heavy atom. The van der Waals surface area contributed by atoms with Crippen LogP contribution in [-0.2, 0) is 15.1 Å². The van der Waals surface area contributed by atoms with E-state index in [1.54, 1.807) is 0 Å². The Kier molecular flexibility index (Phi) is 8.30. The number of ether oxygens (including phenoxy) is 1. The zero-order chi connectivity index (χ0) is 19.8. The average molecular weight is 377 g/mol. The van der Waals surface area contributed by atoms with Crippen molar-refractivity contribution in [1.82, 2.24) is 0 Å². The Balaban J connectivity index is 2.04. The summed E-state index contributed by atoms with van der Waals surface area (Å²) in [5.41, 5.74) is -0.851. The van der Waals surface area contributed by atoms with Gasteiger partial charge in [0.25, 0.3) is 0 Å². The monoisotopic (exact) mass is 376 g/mol. The van der Waals surface area contributed by atoms with Crippen molar-refractivity contribution in [2.24, 2.45) is 5.92 Å². The Labute approximate surface area is 165 Å². The summed E-state index contributed by atoms with van der Waals surface area (Å²) in [5.74, 6) is -0.527. The quantitative estimate of drug-likeness (QED) is 0.377. The normalized spacial score (nSPS) is 18.1. The summed E-state index contributed by atoms with van der Waals surface area (Å²) in [6.07, 6.45) is 5.90. The molecule has 0 bridgehead atoms. The second-order valence-corrected chi connectivity index (χ2v) is 7.97. The van der Waals surface area contributed by atoms with E-state index in [4.69, 9.17) is 4.74 Å². The predicted molar refractivity (Wildman–Crippen MR) is 109 cm³/mol. The molecule has 27 heavy (non-hydrogen) atoms. The molecule has 0 unspecified atom stereocenters. The van der Waals surface area contributed by atoms with Gasteiger partial charge in [-0.05, 0) is 39.2 Å². The van der Waals surface area contributed by atoms with Crippen molar-refractivity contribution in [3.05, 3.63) is 35.9 Å². The highest BCUT2D eigenvalue weighted by Crippen LogP contribution is 2.40. The molecule has 0 amide bonds. The second kappa shape index (κ2) is 10.2. The Morgan fingerprint density at radius 2 is 1.67 bits per heavy atom. The van der Waals surface area contributed by atoms with Crippen molar-refractivity contribution >= 4 is 5.97 Å². The van der Waals surface area contributed by atoms with Gasteiger partial charge in [0, 0.05) is 12.3 Å². The van der Waals surface area contributed by atoms with E-state index in [1.165, 1.54) is 6.42 Å².